The summed E-state index contributed by atoms with van der Waals surface area (Å²) in [7, 11) is 0. The molecule has 240 valence electrons. The number of rotatable bonds is 13. The molecule has 1 aromatic heterocycles. The molecule has 0 bridgehead atoms. The number of oxazole rings is 1. The van der Waals surface area contributed by atoms with Gasteiger partial charge in [-0.15, -0.1) is 0 Å². The van der Waals surface area contributed by atoms with Gasteiger partial charge in [0.2, 0.25) is 11.8 Å². The van der Waals surface area contributed by atoms with Gasteiger partial charge in [-0.05, 0) is 54.4 Å². The zero-order valence-corrected chi connectivity index (χ0v) is 26.1. The Bertz CT molecular complexity index is 1610. The number of anilines is 1. The smallest absolute Gasteiger partial charge is 0.408 e. The van der Waals surface area contributed by atoms with Crippen LogP contribution in [0.3, 0.4) is 0 Å². The van der Waals surface area contributed by atoms with Gasteiger partial charge in [-0.25, -0.2) is 9.78 Å². The van der Waals surface area contributed by atoms with Gasteiger partial charge in [0, 0.05) is 12.2 Å². The molecule has 4 aromatic rings. The van der Waals surface area contributed by atoms with Crippen LogP contribution in [0, 0.1) is 5.92 Å². The number of aromatic nitrogens is 1. The third-order valence-corrected chi connectivity index (χ3v) is 7.95. The molecular formula is C36H40N4O6. The van der Waals surface area contributed by atoms with Crippen LogP contribution < -0.4 is 15.5 Å². The summed E-state index contributed by atoms with van der Waals surface area (Å²) in [5.41, 5.74) is 3.82. The van der Waals surface area contributed by atoms with Crippen LogP contribution in [0.4, 0.5) is 10.5 Å². The van der Waals surface area contributed by atoms with Gasteiger partial charge < -0.3 is 29.8 Å². The number of benzene rings is 3. The minimum atomic E-state index is -1.36. The van der Waals surface area contributed by atoms with Crippen LogP contribution in [0.2, 0.25) is 0 Å². The topological polar surface area (TPSA) is 134 Å². The Morgan fingerprint density at radius 3 is 2.33 bits per heavy atom. The fourth-order valence-electron chi connectivity index (χ4n) is 5.55. The first kappa shape index (κ1) is 32.4. The second kappa shape index (κ2) is 15.4. The van der Waals surface area contributed by atoms with Crippen LogP contribution in [0.25, 0.3) is 0 Å². The molecular weight excluding hydrogens is 584 g/mol. The molecule has 3 aromatic carbocycles. The van der Waals surface area contributed by atoms with Gasteiger partial charge in [0.1, 0.15) is 18.9 Å². The minimum absolute atomic E-state index is 0.0648. The van der Waals surface area contributed by atoms with Crippen LogP contribution in [0.15, 0.2) is 95.6 Å². The summed E-state index contributed by atoms with van der Waals surface area (Å²) in [4.78, 5) is 45.7. The Labute approximate surface area is 268 Å². The SMILES string of the molecule is CC(C)CC(NC(=O)OCc1ccccc1)C(=O)NC(CCc1ccccc1)C(O)c1nc(C(=O)N2CCc3ccccc32)co1. The number of carbonyl (C=O) groups is 3. The van der Waals surface area contributed by atoms with Gasteiger partial charge in [0.25, 0.3) is 5.91 Å². The molecule has 0 fully saturated rings. The number of nitrogens with one attached hydrogen (secondary N) is 2. The van der Waals surface area contributed by atoms with Gasteiger partial charge >= 0.3 is 6.09 Å². The van der Waals surface area contributed by atoms with E-state index >= 15 is 0 Å². The summed E-state index contributed by atoms with van der Waals surface area (Å²) in [6.45, 7) is 4.48. The fourth-order valence-corrected chi connectivity index (χ4v) is 5.55. The lowest BCUT2D eigenvalue weighted by Gasteiger charge is -2.26. The van der Waals surface area contributed by atoms with E-state index in [1.54, 1.807) is 4.90 Å². The predicted octanol–water partition coefficient (Wildman–Crippen LogP) is 5.37. The van der Waals surface area contributed by atoms with Crippen molar-refractivity contribution >= 4 is 23.6 Å². The number of hydrogen-bond acceptors (Lipinski definition) is 7. The van der Waals surface area contributed by atoms with Crippen LogP contribution in [0.1, 0.15) is 65.9 Å². The lowest BCUT2D eigenvalue weighted by Crippen LogP contribution is -2.51. The number of amides is 3. The summed E-state index contributed by atoms with van der Waals surface area (Å²) in [6.07, 6.45) is 1.15. The highest BCUT2D eigenvalue weighted by Gasteiger charge is 2.33. The van der Waals surface area contributed by atoms with Crippen molar-refractivity contribution in [1.82, 2.24) is 15.6 Å². The van der Waals surface area contributed by atoms with E-state index in [1.807, 2.05) is 98.8 Å². The highest BCUT2D eigenvalue weighted by atomic mass is 16.5. The standard InChI is InChI=1S/C36H40N4O6/c1-24(2)21-29(39-36(44)46-22-26-13-7-4-8-14-26)33(42)37-28(18-17-25-11-5-3-6-12-25)32(41)34-38-30(23-45-34)35(43)40-20-19-27-15-9-10-16-31(27)40/h3-16,23-24,28-29,32,41H,17-22H2,1-2H3,(H,37,42)(H,39,44). The first-order chi connectivity index (χ1) is 22.3. The van der Waals surface area contributed by atoms with Gasteiger partial charge in [0.05, 0.1) is 6.04 Å². The molecule has 3 amide bonds. The normalized spacial score (nSPS) is 14.3. The first-order valence-electron chi connectivity index (χ1n) is 15.6. The van der Waals surface area contributed by atoms with Gasteiger partial charge in [-0.1, -0.05) is 92.7 Å². The summed E-state index contributed by atoms with van der Waals surface area (Å²) in [5, 5.41) is 17.1. The van der Waals surface area contributed by atoms with Crippen molar-refractivity contribution in [1.29, 1.82) is 0 Å². The maximum atomic E-state index is 13.6. The number of nitrogens with zero attached hydrogens (tertiary/aromatic N) is 2. The Kier molecular flexibility index (Phi) is 10.8. The molecule has 46 heavy (non-hydrogen) atoms. The molecule has 0 aliphatic carbocycles. The van der Waals surface area contributed by atoms with Crippen molar-refractivity contribution in [2.24, 2.45) is 5.92 Å². The van der Waals surface area contributed by atoms with E-state index in [-0.39, 0.29) is 30.0 Å². The number of aryl methyl sites for hydroxylation is 1. The summed E-state index contributed by atoms with van der Waals surface area (Å²) >= 11 is 0. The number of hydrogen-bond donors (Lipinski definition) is 3. The highest BCUT2D eigenvalue weighted by Crippen LogP contribution is 2.29. The number of fused-ring (bicyclic) bond motifs is 1. The van der Waals surface area contributed by atoms with Crippen molar-refractivity contribution in [3.8, 4) is 0 Å². The van der Waals surface area contributed by atoms with Crippen LogP contribution in [0.5, 0.6) is 0 Å². The molecule has 0 saturated heterocycles. The number of aliphatic hydroxyl groups excluding tert-OH is 1. The quantitative estimate of drug-likeness (QED) is 0.182. The summed E-state index contributed by atoms with van der Waals surface area (Å²) in [6, 6.07) is 24.9. The second-order valence-electron chi connectivity index (χ2n) is 11.9. The van der Waals surface area contributed by atoms with Crippen molar-refractivity contribution in [2.75, 3.05) is 11.4 Å². The summed E-state index contributed by atoms with van der Waals surface area (Å²) < 4.78 is 11.0. The van der Waals surface area contributed by atoms with E-state index in [4.69, 9.17) is 9.15 Å². The molecule has 1 aliphatic heterocycles. The average Bonchev–Trinajstić information content (AvgIpc) is 3.74. The van der Waals surface area contributed by atoms with Crippen LogP contribution >= 0.6 is 0 Å². The van der Waals surface area contributed by atoms with Gasteiger partial charge in [-0.2, -0.15) is 0 Å². The molecule has 0 saturated carbocycles. The summed E-state index contributed by atoms with van der Waals surface area (Å²) in [5.74, 6) is -0.801. The van der Waals surface area contributed by atoms with E-state index in [0.29, 0.717) is 25.8 Å². The average molecular weight is 625 g/mol. The Morgan fingerprint density at radius 1 is 0.935 bits per heavy atom. The molecule has 2 heterocycles. The van der Waals surface area contributed by atoms with Crippen molar-refractivity contribution < 1.29 is 28.6 Å². The predicted molar refractivity (Wildman–Crippen MR) is 173 cm³/mol. The third-order valence-electron chi connectivity index (χ3n) is 7.95. The molecule has 0 spiro atoms. The molecule has 3 atom stereocenters. The van der Waals surface area contributed by atoms with Crippen molar-refractivity contribution in [3.63, 3.8) is 0 Å². The lowest BCUT2D eigenvalue weighted by atomic mass is 9.99. The minimum Gasteiger partial charge on any atom is -0.445 e. The zero-order valence-electron chi connectivity index (χ0n) is 26.1. The Hall–Kier alpha value is -4.96. The van der Waals surface area contributed by atoms with Crippen LogP contribution in [-0.2, 0) is 29.0 Å². The number of alkyl carbamates (subject to hydrolysis) is 1. The fraction of sp³-hybridized carbons (Fsp3) is 0.333. The number of para-hydroxylation sites is 1. The van der Waals surface area contributed by atoms with E-state index in [2.05, 4.69) is 15.6 Å². The third kappa shape index (κ3) is 8.39. The second-order valence-corrected chi connectivity index (χ2v) is 11.9. The van der Waals surface area contributed by atoms with Crippen molar-refractivity contribution in [3.05, 3.63) is 119 Å². The molecule has 0 radical (unpaired) electrons. The van der Waals surface area contributed by atoms with E-state index in [0.717, 1.165) is 28.8 Å². The molecule has 5 rings (SSSR count). The van der Waals surface area contributed by atoms with E-state index in [9.17, 15) is 19.5 Å². The lowest BCUT2D eigenvalue weighted by molar-refractivity contribution is -0.125. The molecule has 10 nitrogen and oxygen atoms in total. The zero-order chi connectivity index (χ0) is 32.5. The highest BCUT2D eigenvalue weighted by molar-refractivity contribution is 6.05. The number of aliphatic hydroxyl groups is 1. The molecule has 10 heteroatoms. The largest absolute Gasteiger partial charge is 0.445 e. The monoisotopic (exact) mass is 624 g/mol. The number of carbonyl (C=O) groups excluding carboxylic acids is 3. The molecule has 3 N–H and O–H groups in total. The van der Waals surface area contributed by atoms with E-state index < -0.39 is 30.2 Å². The molecule has 1 aliphatic rings. The Balaban J connectivity index is 1.29. The van der Waals surface area contributed by atoms with Gasteiger partial charge in [0.15, 0.2) is 11.8 Å². The molecule has 3 unspecified atom stereocenters. The maximum Gasteiger partial charge on any atom is 0.408 e. The Morgan fingerprint density at radius 2 is 1.61 bits per heavy atom. The first-order valence-corrected chi connectivity index (χ1v) is 15.6. The maximum absolute atomic E-state index is 13.6. The number of ether oxygens (including phenoxy) is 1. The van der Waals surface area contributed by atoms with Crippen LogP contribution in [-0.4, -0.2) is 46.6 Å². The van der Waals surface area contributed by atoms with E-state index in [1.165, 1.54) is 6.26 Å². The van der Waals surface area contributed by atoms with Gasteiger partial charge in [-0.3, -0.25) is 9.59 Å². The van der Waals surface area contributed by atoms with Crippen molar-refractivity contribution in [2.45, 2.75) is 64.3 Å².